The van der Waals surface area contributed by atoms with Crippen molar-refractivity contribution in [2.45, 2.75) is 13.0 Å². The number of hydrogen-bond acceptors (Lipinski definition) is 5. The average molecular weight is 371 g/mol. The highest BCUT2D eigenvalue weighted by molar-refractivity contribution is 5.77. The SMILES string of the molecule is COc1ccc(CCNC(N)=NCc2ccnc(OCCN(C)C)c2)cc1. The Hall–Kier alpha value is -2.80. The van der Waals surface area contributed by atoms with Gasteiger partial charge >= 0.3 is 0 Å². The number of ether oxygens (including phenoxy) is 2. The van der Waals surface area contributed by atoms with Crippen LogP contribution in [0.25, 0.3) is 0 Å². The molecule has 0 unspecified atom stereocenters. The molecule has 0 amide bonds. The first kappa shape index (κ1) is 20.5. The second kappa shape index (κ2) is 11.0. The highest BCUT2D eigenvalue weighted by atomic mass is 16.5. The Morgan fingerprint density at radius 1 is 1.19 bits per heavy atom. The van der Waals surface area contributed by atoms with Crippen LogP contribution >= 0.6 is 0 Å². The van der Waals surface area contributed by atoms with Gasteiger partial charge in [0, 0.05) is 25.4 Å². The monoisotopic (exact) mass is 371 g/mol. The number of nitrogens with zero attached hydrogens (tertiary/aromatic N) is 3. The van der Waals surface area contributed by atoms with E-state index in [9.17, 15) is 0 Å². The lowest BCUT2D eigenvalue weighted by atomic mass is 10.1. The first-order valence-corrected chi connectivity index (χ1v) is 8.96. The Labute approximate surface area is 161 Å². The van der Waals surface area contributed by atoms with E-state index in [1.54, 1.807) is 13.3 Å². The molecule has 0 aliphatic rings. The van der Waals surface area contributed by atoms with E-state index in [-0.39, 0.29) is 0 Å². The van der Waals surface area contributed by atoms with Gasteiger partial charge in [-0.15, -0.1) is 0 Å². The van der Waals surface area contributed by atoms with Crippen LogP contribution < -0.4 is 20.5 Å². The van der Waals surface area contributed by atoms with Crippen molar-refractivity contribution in [1.82, 2.24) is 15.2 Å². The number of guanidine groups is 1. The van der Waals surface area contributed by atoms with Crippen LogP contribution in [0.4, 0.5) is 0 Å². The van der Waals surface area contributed by atoms with E-state index >= 15 is 0 Å². The van der Waals surface area contributed by atoms with Crippen molar-refractivity contribution in [2.24, 2.45) is 10.7 Å². The van der Waals surface area contributed by atoms with Crippen molar-refractivity contribution in [3.63, 3.8) is 0 Å². The third-order valence-corrected chi connectivity index (χ3v) is 3.90. The number of hydrogen-bond donors (Lipinski definition) is 2. The van der Waals surface area contributed by atoms with E-state index in [0.717, 1.165) is 30.8 Å². The van der Waals surface area contributed by atoms with Crippen LogP contribution in [0.2, 0.25) is 0 Å². The topological polar surface area (TPSA) is 85.0 Å². The zero-order valence-electron chi connectivity index (χ0n) is 16.3. The highest BCUT2D eigenvalue weighted by Gasteiger charge is 2.00. The first-order valence-electron chi connectivity index (χ1n) is 8.96. The van der Waals surface area contributed by atoms with Gasteiger partial charge in [-0.05, 0) is 49.8 Å². The predicted molar refractivity (Wildman–Crippen MR) is 108 cm³/mol. The molecule has 2 rings (SSSR count). The van der Waals surface area contributed by atoms with Crippen molar-refractivity contribution in [3.8, 4) is 11.6 Å². The number of nitrogens with one attached hydrogen (secondary N) is 1. The molecule has 0 saturated heterocycles. The van der Waals surface area contributed by atoms with Gasteiger partial charge in [0.25, 0.3) is 0 Å². The van der Waals surface area contributed by atoms with Crippen LogP contribution in [-0.4, -0.2) is 56.7 Å². The number of benzene rings is 1. The van der Waals surface area contributed by atoms with Crippen molar-refractivity contribution >= 4 is 5.96 Å². The fourth-order valence-corrected chi connectivity index (χ4v) is 2.32. The predicted octanol–water partition coefficient (Wildman–Crippen LogP) is 1.68. The van der Waals surface area contributed by atoms with Crippen LogP contribution in [0.3, 0.4) is 0 Å². The molecule has 0 saturated carbocycles. The molecule has 1 aromatic heterocycles. The Bertz CT molecular complexity index is 717. The average Bonchev–Trinajstić information content (AvgIpc) is 2.67. The van der Waals surface area contributed by atoms with Crippen molar-refractivity contribution in [2.75, 3.05) is 40.9 Å². The van der Waals surface area contributed by atoms with Gasteiger partial charge in [-0.3, -0.25) is 0 Å². The van der Waals surface area contributed by atoms with Crippen molar-refractivity contribution in [1.29, 1.82) is 0 Å². The van der Waals surface area contributed by atoms with Crippen LogP contribution in [0.1, 0.15) is 11.1 Å². The smallest absolute Gasteiger partial charge is 0.213 e. The number of nitrogens with two attached hydrogens (primary N) is 1. The molecule has 1 aromatic carbocycles. The van der Waals surface area contributed by atoms with Crippen LogP contribution in [0.15, 0.2) is 47.6 Å². The lowest BCUT2D eigenvalue weighted by molar-refractivity contribution is 0.253. The van der Waals surface area contributed by atoms with Crippen LogP contribution in [0, 0.1) is 0 Å². The van der Waals surface area contributed by atoms with Gasteiger partial charge in [0.1, 0.15) is 12.4 Å². The summed E-state index contributed by atoms with van der Waals surface area (Å²) in [5.41, 5.74) is 8.17. The fraction of sp³-hybridized carbons (Fsp3) is 0.400. The standard InChI is InChI=1S/C20H29N5O2/c1-25(2)12-13-27-19-14-17(9-10-22-19)15-24-20(21)23-11-8-16-4-6-18(26-3)7-5-16/h4-7,9-10,14H,8,11-13,15H2,1-3H3,(H3,21,23,24). The lowest BCUT2D eigenvalue weighted by Crippen LogP contribution is -2.33. The maximum atomic E-state index is 5.95. The zero-order chi connectivity index (χ0) is 19.5. The van der Waals surface area contributed by atoms with E-state index in [1.807, 2.05) is 50.5 Å². The second-order valence-corrected chi connectivity index (χ2v) is 6.38. The molecular formula is C20H29N5O2. The summed E-state index contributed by atoms with van der Waals surface area (Å²) in [6.45, 7) is 2.64. The molecule has 1 heterocycles. The Morgan fingerprint density at radius 3 is 2.67 bits per heavy atom. The molecule has 2 aromatic rings. The third kappa shape index (κ3) is 7.96. The molecule has 0 fully saturated rings. The van der Waals surface area contributed by atoms with E-state index < -0.39 is 0 Å². The summed E-state index contributed by atoms with van der Waals surface area (Å²) in [7, 11) is 5.67. The van der Waals surface area contributed by atoms with E-state index in [1.165, 1.54) is 5.56 Å². The van der Waals surface area contributed by atoms with Gasteiger partial charge < -0.3 is 25.4 Å². The maximum Gasteiger partial charge on any atom is 0.213 e. The van der Waals surface area contributed by atoms with Gasteiger partial charge in [0.05, 0.1) is 13.7 Å². The molecule has 7 nitrogen and oxygen atoms in total. The normalized spacial score (nSPS) is 11.5. The molecule has 27 heavy (non-hydrogen) atoms. The van der Waals surface area contributed by atoms with Gasteiger partial charge in [0.15, 0.2) is 5.96 Å². The molecule has 0 aliphatic carbocycles. The summed E-state index contributed by atoms with van der Waals surface area (Å²) in [5, 5.41) is 3.14. The minimum atomic E-state index is 0.426. The molecule has 146 valence electrons. The fourth-order valence-electron chi connectivity index (χ4n) is 2.32. The Kier molecular flexibility index (Phi) is 8.38. The van der Waals surface area contributed by atoms with Crippen molar-refractivity contribution in [3.05, 3.63) is 53.7 Å². The van der Waals surface area contributed by atoms with E-state index in [2.05, 4.69) is 20.2 Å². The molecule has 0 atom stereocenters. The van der Waals surface area contributed by atoms with Crippen molar-refractivity contribution < 1.29 is 9.47 Å². The molecule has 7 heteroatoms. The van der Waals surface area contributed by atoms with E-state index in [0.29, 0.717) is 25.0 Å². The summed E-state index contributed by atoms with van der Waals surface area (Å²) in [4.78, 5) is 10.7. The number of likely N-dealkylation sites (N-methyl/N-ethyl adjacent to an activating group) is 1. The van der Waals surface area contributed by atoms with Gasteiger partial charge in [-0.25, -0.2) is 9.98 Å². The minimum absolute atomic E-state index is 0.426. The molecular weight excluding hydrogens is 342 g/mol. The number of aromatic nitrogens is 1. The third-order valence-electron chi connectivity index (χ3n) is 3.90. The second-order valence-electron chi connectivity index (χ2n) is 6.38. The quantitative estimate of drug-likeness (QED) is 0.488. The summed E-state index contributed by atoms with van der Waals surface area (Å²) in [6, 6.07) is 11.8. The highest BCUT2D eigenvalue weighted by Crippen LogP contribution is 2.12. The lowest BCUT2D eigenvalue weighted by Gasteiger charge is -2.10. The number of methoxy groups -OCH3 is 1. The Balaban J connectivity index is 1.75. The van der Waals surface area contributed by atoms with Gasteiger partial charge in [-0.2, -0.15) is 0 Å². The van der Waals surface area contributed by atoms with Gasteiger partial charge in [0.2, 0.25) is 5.88 Å². The molecule has 0 radical (unpaired) electrons. The van der Waals surface area contributed by atoms with E-state index in [4.69, 9.17) is 15.2 Å². The first-order chi connectivity index (χ1) is 13.1. The summed E-state index contributed by atoms with van der Waals surface area (Å²) in [6.07, 6.45) is 2.59. The number of pyridine rings is 1. The molecule has 0 bridgehead atoms. The number of aliphatic imine (C=N–C) groups is 1. The summed E-state index contributed by atoms with van der Waals surface area (Å²) >= 11 is 0. The minimum Gasteiger partial charge on any atom is -0.497 e. The van der Waals surface area contributed by atoms with Crippen LogP contribution in [-0.2, 0) is 13.0 Å². The maximum absolute atomic E-state index is 5.95. The number of rotatable bonds is 10. The zero-order valence-corrected chi connectivity index (χ0v) is 16.3. The molecule has 0 spiro atoms. The Morgan fingerprint density at radius 2 is 1.96 bits per heavy atom. The molecule has 3 N–H and O–H groups in total. The van der Waals surface area contributed by atoms with Crippen LogP contribution in [0.5, 0.6) is 11.6 Å². The largest absolute Gasteiger partial charge is 0.497 e. The molecule has 0 aliphatic heterocycles. The summed E-state index contributed by atoms with van der Waals surface area (Å²) in [5.74, 6) is 1.89. The summed E-state index contributed by atoms with van der Waals surface area (Å²) < 4.78 is 10.8. The van der Waals surface area contributed by atoms with Gasteiger partial charge in [-0.1, -0.05) is 12.1 Å².